The van der Waals surface area contributed by atoms with Crippen LogP contribution in [0.4, 0.5) is 5.00 Å². The Hall–Kier alpha value is -2.63. The van der Waals surface area contributed by atoms with Crippen LogP contribution in [0.5, 0.6) is 0 Å². The summed E-state index contributed by atoms with van der Waals surface area (Å²) in [5.41, 5.74) is 1.33. The average molecular weight is 491 g/mol. The first-order valence-corrected chi connectivity index (χ1v) is 12.5. The molecule has 1 N–H and O–H groups in total. The van der Waals surface area contributed by atoms with E-state index in [1.807, 2.05) is 24.5 Å². The fourth-order valence-corrected chi connectivity index (χ4v) is 5.74. The summed E-state index contributed by atoms with van der Waals surface area (Å²) in [6.45, 7) is 5.24. The van der Waals surface area contributed by atoms with E-state index in [-0.39, 0.29) is 17.8 Å². The summed E-state index contributed by atoms with van der Waals surface area (Å²) in [6, 6.07) is 3.63. The molecule has 0 bridgehead atoms. The maximum Gasteiger partial charge on any atom is 0.341 e. The van der Waals surface area contributed by atoms with Crippen molar-refractivity contribution < 1.29 is 23.5 Å². The Morgan fingerprint density at radius 1 is 1.39 bits per heavy atom. The second-order valence-corrected chi connectivity index (χ2v) is 9.72. The third kappa shape index (κ3) is 5.15. The summed E-state index contributed by atoms with van der Waals surface area (Å²) in [6.07, 6.45) is 4.34. The highest BCUT2D eigenvalue weighted by atomic mass is 32.2. The highest BCUT2D eigenvalue weighted by molar-refractivity contribution is 7.99. The topological polar surface area (TPSA) is 108 Å². The number of hydrogen-bond acceptors (Lipinski definition) is 9. The van der Waals surface area contributed by atoms with Gasteiger partial charge in [-0.15, -0.1) is 21.5 Å². The predicted molar refractivity (Wildman–Crippen MR) is 126 cm³/mol. The van der Waals surface area contributed by atoms with Gasteiger partial charge in [0.2, 0.25) is 11.7 Å². The van der Waals surface area contributed by atoms with Crippen LogP contribution >= 0.6 is 23.1 Å². The van der Waals surface area contributed by atoms with Gasteiger partial charge in [-0.2, -0.15) is 0 Å². The molecule has 0 spiro atoms. The predicted octanol–water partition coefficient (Wildman–Crippen LogP) is 4.17. The lowest BCUT2D eigenvalue weighted by atomic mass is 10.1. The summed E-state index contributed by atoms with van der Waals surface area (Å²) in [5.74, 6) is 0.647. The molecule has 0 radical (unpaired) electrons. The zero-order valence-electron chi connectivity index (χ0n) is 18.8. The van der Waals surface area contributed by atoms with E-state index in [1.165, 1.54) is 30.2 Å². The Bertz CT molecular complexity index is 1120. The number of ether oxygens (including phenoxy) is 2. The number of aryl methyl sites for hydroxylation is 1. The van der Waals surface area contributed by atoms with Gasteiger partial charge in [0.05, 0.1) is 37.3 Å². The number of furan rings is 1. The van der Waals surface area contributed by atoms with Crippen molar-refractivity contribution in [1.29, 1.82) is 0 Å². The highest BCUT2D eigenvalue weighted by Crippen LogP contribution is 2.34. The molecule has 11 heteroatoms. The van der Waals surface area contributed by atoms with Gasteiger partial charge in [-0.25, -0.2) is 4.79 Å². The molecule has 1 unspecified atom stereocenters. The van der Waals surface area contributed by atoms with E-state index >= 15 is 0 Å². The second kappa shape index (κ2) is 10.5. The number of anilines is 1. The molecule has 1 amide bonds. The third-order valence-electron chi connectivity index (χ3n) is 5.41. The average Bonchev–Trinajstić information content (AvgIpc) is 3.60. The fraction of sp³-hybridized carbons (Fsp3) is 0.455. The van der Waals surface area contributed by atoms with Crippen LogP contribution in [-0.2, 0) is 27.2 Å². The minimum absolute atomic E-state index is 0.0760. The van der Waals surface area contributed by atoms with E-state index in [9.17, 15) is 9.59 Å². The molecule has 3 aromatic rings. The molecule has 0 saturated carbocycles. The van der Waals surface area contributed by atoms with Crippen LogP contribution in [0, 0.1) is 6.92 Å². The maximum absolute atomic E-state index is 12.8. The number of carbonyl (C=O) groups is 2. The number of nitrogens with one attached hydrogen (secondary N) is 1. The number of methoxy groups -OCH3 is 1. The molecule has 4 heterocycles. The number of rotatable bonds is 9. The van der Waals surface area contributed by atoms with E-state index in [0.717, 1.165) is 29.9 Å². The number of aromatic nitrogens is 3. The van der Waals surface area contributed by atoms with E-state index in [2.05, 4.69) is 15.5 Å². The van der Waals surface area contributed by atoms with Gasteiger partial charge in [-0.3, -0.25) is 9.36 Å². The zero-order chi connectivity index (χ0) is 23.4. The number of amides is 1. The van der Waals surface area contributed by atoms with Gasteiger partial charge >= 0.3 is 5.97 Å². The van der Waals surface area contributed by atoms with Crippen LogP contribution in [-0.4, -0.2) is 52.2 Å². The van der Waals surface area contributed by atoms with E-state index < -0.39 is 5.97 Å². The molecule has 1 saturated heterocycles. The van der Waals surface area contributed by atoms with E-state index in [1.54, 1.807) is 12.3 Å². The van der Waals surface area contributed by atoms with Gasteiger partial charge in [0.25, 0.3) is 0 Å². The summed E-state index contributed by atoms with van der Waals surface area (Å²) in [4.78, 5) is 26.1. The molecule has 3 aromatic heterocycles. The molecule has 0 aromatic carbocycles. The van der Waals surface area contributed by atoms with Gasteiger partial charge < -0.3 is 19.2 Å². The number of carbonyl (C=O) groups excluding carboxylic acids is 2. The van der Waals surface area contributed by atoms with E-state index in [0.29, 0.717) is 40.3 Å². The molecule has 0 aliphatic carbocycles. The third-order valence-corrected chi connectivity index (χ3v) is 7.44. The lowest BCUT2D eigenvalue weighted by molar-refractivity contribution is -0.113. The van der Waals surface area contributed by atoms with Gasteiger partial charge in [0, 0.05) is 11.5 Å². The summed E-state index contributed by atoms with van der Waals surface area (Å²) < 4.78 is 18.2. The minimum atomic E-state index is -0.446. The Labute approximate surface area is 199 Å². The van der Waals surface area contributed by atoms with Crippen molar-refractivity contribution in [3.8, 4) is 11.6 Å². The Balaban J connectivity index is 1.49. The first kappa shape index (κ1) is 23.5. The molecule has 1 fully saturated rings. The van der Waals surface area contributed by atoms with Gasteiger partial charge in [-0.1, -0.05) is 18.7 Å². The molecular formula is C22H26N4O5S2. The SMILES string of the molecule is CCc1c(C)sc(NC(=O)CSc2nnc(-c3ccco3)n2CC2CCCO2)c1C(=O)OC. The quantitative estimate of drug-likeness (QED) is 0.352. The Kier molecular flexibility index (Phi) is 7.51. The normalized spacial score (nSPS) is 15.7. The largest absolute Gasteiger partial charge is 0.465 e. The zero-order valence-corrected chi connectivity index (χ0v) is 20.4. The lowest BCUT2D eigenvalue weighted by Crippen LogP contribution is -2.18. The van der Waals surface area contributed by atoms with Crippen LogP contribution in [0.2, 0.25) is 0 Å². The number of hydrogen-bond donors (Lipinski definition) is 1. The van der Waals surface area contributed by atoms with Crippen molar-refractivity contribution in [3.05, 3.63) is 34.4 Å². The smallest absolute Gasteiger partial charge is 0.341 e. The molecule has 33 heavy (non-hydrogen) atoms. The van der Waals surface area contributed by atoms with Crippen molar-refractivity contribution in [2.24, 2.45) is 0 Å². The maximum atomic E-state index is 12.8. The van der Waals surface area contributed by atoms with Crippen molar-refractivity contribution in [2.75, 3.05) is 24.8 Å². The van der Waals surface area contributed by atoms with Crippen LogP contribution in [0.25, 0.3) is 11.6 Å². The lowest BCUT2D eigenvalue weighted by Gasteiger charge is -2.14. The highest BCUT2D eigenvalue weighted by Gasteiger charge is 2.25. The molecule has 9 nitrogen and oxygen atoms in total. The Morgan fingerprint density at radius 3 is 2.91 bits per heavy atom. The van der Waals surface area contributed by atoms with Gasteiger partial charge in [-0.05, 0) is 43.9 Å². The van der Waals surface area contributed by atoms with Crippen LogP contribution < -0.4 is 5.32 Å². The summed E-state index contributed by atoms with van der Waals surface area (Å²) in [7, 11) is 1.34. The molecule has 4 rings (SSSR count). The van der Waals surface area contributed by atoms with Crippen LogP contribution in [0.15, 0.2) is 28.0 Å². The molecule has 1 aliphatic rings. The van der Waals surface area contributed by atoms with Crippen LogP contribution in [0.3, 0.4) is 0 Å². The number of thiophene rings is 1. The minimum Gasteiger partial charge on any atom is -0.465 e. The number of thioether (sulfide) groups is 1. The first-order valence-electron chi connectivity index (χ1n) is 10.7. The molecule has 1 aliphatic heterocycles. The van der Waals surface area contributed by atoms with E-state index in [4.69, 9.17) is 13.9 Å². The van der Waals surface area contributed by atoms with Crippen molar-refractivity contribution in [2.45, 2.75) is 50.9 Å². The van der Waals surface area contributed by atoms with Crippen molar-refractivity contribution >= 4 is 40.0 Å². The van der Waals surface area contributed by atoms with Crippen LogP contribution in [0.1, 0.15) is 40.6 Å². The summed E-state index contributed by atoms with van der Waals surface area (Å²) >= 11 is 2.66. The number of esters is 1. The standard InChI is InChI=1S/C22H26N4O5S2/c1-4-15-13(2)33-20(18(15)21(28)29-3)23-17(27)12-32-22-25-24-19(16-8-6-10-31-16)26(22)11-14-7-5-9-30-14/h6,8,10,14H,4-5,7,9,11-12H2,1-3H3,(H,23,27). The molecular weight excluding hydrogens is 464 g/mol. The van der Waals surface area contributed by atoms with Gasteiger partial charge in [0.15, 0.2) is 10.9 Å². The fourth-order valence-electron chi connectivity index (χ4n) is 3.84. The number of nitrogens with zero attached hydrogens (tertiary/aromatic N) is 3. The van der Waals surface area contributed by atoms with Gasteiger partial charge in [0.1, 0.15) is 5.00 Å². The monoisotopic (exact) mass is 490 g/mol. The molecule has 176 valence electrons. The first-order chi connectivity index (χ1) is 16.0. The van der Waals surface area contributed by atoms with Crippen molar-refractivity contribution in [3.63, 3.8) is 0 Å². The van der Waals surface area contributed by atoms with Crippen molar-refractivity contribution in [1.82, 2.24) is 14.8 Å². The Morgan fingerprint density at radius 2 is 2.24 bits per heavy atom. The second-order valence-electron chi connectivity index (χ2n) is 7.55. The molecule has 1 atom stereocenters. The summed E-state index contributed by atoms with van der Waals surface area (Å²) in [5, 5.41) is 12.6.